The van der Waals surface area contributed by atoms with E-state index in [1.165, 1.54) is 0 Å². The second-order valence-corrected chi connectivity index (χ2v) is 7.36. The highest BCUT2D eigenvalue weighted by molar-refractivity contribution is 5.90. The van der Waals surface area contributed by atoms with Crippen molar-refractivity contribution in [1.82, 2.24) is 0 Å². The van der Waals surface area contributed by atoms with E-state index in [0.717, 1.165) is 17.6 Å². The van der Waals surface area contributed by atoms with Crippen molar-refractivity contribution in [2.24, 2.45) is 11.8 Å². The van der Waals surface area contributed by atoms with E-state index in [1.807, 2.05) is 0 Å². The van der Waals surface area contributed by atoms with Gasteiger partial charge in [0.25, 0.3) is 0 Å². The molecule has 0 amide bonds. The molecular formula is C20H28O4. The van der Waals surface area contributed by atoms with Crippen LogP contribution in [0.4, 0.5) is 0 Å². The minimum absolute atomic E-state index is 0.00672. The zero-order chi connectivity index (χ0) is 17.9. The molecule has 1 aliphatic carbocycles. The monoisotopic (exact) mass is 332 g/mol. The van der Waals surface area contributed by atoms with Gasteiger partial charge >= 0.3 is 5.97 Å². The average Bonchev–Trinajstić information content (AvgIpc) is 2.54. The molecular weight excluding hydrogens is 304 g/mol. The number of aliphatic hydroxyl groups excluding tert-OH is 1. The summed E-state index contributed by atoms with van der Waals surface area (Å²) in [5.41, 5.74) is 1.50. The lowest BCUT2D eigenvalue weighted by molar-refractivity contribution is -0.144. The van der Waals surface area contributed by atoms with E-state index >= 15 is 0 Å². The number of fused-ring (bicyclic) bond motifs is 1. The van der Waals surface area contributed by atoms with Gasteiger partial charge < -0.3 is 14.9 Å². The summed E-state index contributed by atoms with van der Waals surface area (Å²) in [6.07, 6.45) is 7.30. The Balaban J connectivity index is 2.30. The van der Waals surface area contributed by atoms with Gasteiger partial charge in [-0.2, -0.15) is 0 Å². The first kappa shape index (κ1) is 18.7. The van der Waals surface area contributed by atoms with Gasteiger partial charge in [-0.3, -0.25) is 0 Å². The molecule has 1 saturated heterocycles. The summed E-state index contributed by atoms with van der Waals surface area (Å²) in [5.74, 6) is -0.232. The van der Waals surface area contributed by atoms with E-state index in [-0.39, 0.29) is 17.8 Å². The Morgan fingerprint density at radius 3 is 2.50 bits per heavy atom. The van der Waals surface area contributed by atoms with Crippen molar-refractivity contribution in [2.45, 2.75) is 51.2 Å². The maximum atomic E-state index is 12.3. The number of cyclic esters (lactones) is 1. The van der Waals surface area contributed by atoms with Crippen LogP contribution in [0.2, 0.25) is 0 Å². The smallest absolute Gasteiger partial charge is 0.334 e. The van der Waals surface area contributed by atoms with Gasteiger partial charge in [-0.1, -0.05) is 37.0 Å². The fourth-order valence-corrected chi connectivity index (χ4v) is 3.29. The van der Waals surface area contributed by atoms with Crippen LogP contribution in [0.25, 0.3) is 0 Å². The normalized spacial score (nSPS) is 31.4. The standard InChI is InChI=1S/C20H28O4/c1-13-8-10-18(21)14(2)7-9-15-16(6-5-11-20(3,4)23)19(22)24-12-17(13)15/h5-6,11,15,17-18,21,23H,1-2,7-10,12H2,3-4H3/t15-,17+,18+/m1/s1. The van der Waals surface area contributed by atoms with E-state index in [0.29, 0.717) is 31.4 Å². The molecule has 132 valence electrons. The molecule has 3 atom stereocenters. The maximum absolute atomic E-state index is 12.3. The lowest BCUT2D eigenvalue weighted by Crippen LogP contribution is -2.34. The number of rotatable bonds is 2. The number of hydrogen-bond acceptors (Lipinski definition) is 4. The Labute approximate surface area is 144 Å². The minimum atomic E-state index is -0.935. The first-order chi connectivity index (χ1) is 11.2. The minimum Gasteiger partial charge on any atom is -0.462 e. The zero-order valence-corrected chi connectivity index (χ0v) is 14.6. The molecule has 2 rings (SSSR count). The molecule has 4 heteroatoms. The Kier molecular flexibility index (Phi) is 5.83. The largest absolute Gasteiger partial charge is 0.462 e. The number of ether oxygens (including phenoxy) is 1. The number of hydrogen-bond donors (Lipinski definition) is 2. The number of carbonyl (C=O) groups excluding carboxylic acids is 1. The third-order valence-corrected chi connectivity index (χ3v) is 4.81. The van der Waals surface area contributed by atoms with Crippen LogP contribution in [-0.4, -0.2) is 34.5 Å². The lowest BCUT2D eigenvalue weighted by Gasteiger charge is -2.33. The second-order valence-electron chi connectivity index (χ2n) is 7.36. The van der Waals surface area contributed by atoms with Crippen molar-refractivity contribution in [3.63, 3.8) is 0 Å². The fraction of sp³-hybridized carbons (Fsp3) is 0.550. The van der Waals surface area contributed by atoms with Crippen LogP contribution in [0.5, 0.6) is 0 Å². The van der Waals surface area contributed by atoms with Crippen molar-refractivity contribution in [3.8, 4) is 0 Å². The quantitative estimate of drug-likeness (QED) is 0.463. The average molecular weight is 332 g/mol. The Hall–Kier alpha value is -1.65. The molecule has 2 N–H and O–H groups in total. The van der Waals surface area contributed by atoms with Crippen LogP contribution in [0.1, 0.15) is 39.5 Å². The number of aliphatic hydroxyl groups is 2. The van der Waals surface area contributed by atoms with Crippen LogP contribution in [0.3, 0.4) is 0 Å². The highest BCUT2D eigenvalue weighted by Crippen LogP contribution is 2.39. The van der Waals surface area contributed by atoms with Crippen molar-refractivity contribution in [2.75, 3.05) is 6.61 Å². The molecule has 1 saturated carbocycles. The van der Waals surface area contributed by atoms with Crippen LogP contribution in [0.15, 0.2) is 48.1 Å². The summed E-state index contributed by atoms with van der Waals surface area (Å²) >= 11 is 0. The third-order valence-electron chi connectivity index (χ3n) is 4.81. The van der Waals surface area contributed by atoms with E-state index in [4.69, 9.17) is 4.74 Å². The summed E-state index contributed by atoms with van der Waals surface area (Å²) in [7, 11) is 0. The lowest BCUT2D eigenvalue weighted by atomic mass is 9.76. The second kappa shape index (κ2) is 7.49. The SMILES string of the molecule is C=C1CC[C@@H]2C(=CC=CC(C)(C)O)C(=O)OC[C@H]2C(=C)CC[C@@H]1O. The molecule has 2 fully saturated rings. The molecule has 4 nitrogen and oxygen atoms in total. The van der Waals surface area contributed by atoms with Crippen molar-refractivity contribution < 1.29 is 19.7 Å². The summed E-state index contributed by atoms with van der Waals surface area (Å²) in [4.78, 5) is 12.3. The fourth-order valence-electron chi connectivity index (χ4n) is 3.29. The van der Waals surface area contributed by atoms with Gasteiger partial charge in [-0.15, -0.1) is 0 Å². The van der Waals surface area contributed by atoms with E-state index in [9.17, 15) is 15.0 Å². The Bertz CT molecular complexity index is 577. The summed E-state index contributed by atoms with van der Waals surface area (Å²) in [5, 5.41) is 19.9. The molecule has 0 aromatic rings. The van der Waals surface area contributed by atoms with Gasteiger partial charge in [-0.05, 0) is 45.1 Å². The molecule has 0 bridgehead atoms. The van der Waals surface area contributed by atoms with Crippen molar-refractivity contribution >= 4 is 5.97 Å². The Morgan fingerprint density at radius 2 is 1.83 bits per heavy atom. The van der Waals surface area contributed by atoms with Crippen molar-refractivity contribution in [3.05, 3.63) is 48.1 Å². The first-order valence-corrected chi connectivity index (χ1v) is 8.51. The Morgan fingerprint density at radius 1 is 1.17 bits per heavy atom. The van der Waals surface area contributed by atoms with Crippen LogP contribution < -0.4 is 0 Å². The van der Waals surface area contributed by atoms with Gasteiger partial charge in [0, 0.05) is 17.4 Å². The van der Waals surface area contributed by atoms with E-state index in [2.05, 4.69) is 13.2 Å². The molecule has 1 aliphatic heterocycles. The molecule has 0 spiro atoms. The molecule has 0 aromatic heterocycles. The van der Waals surface area contributed by atoms with Crippen LogP contribution >= 0.6 is 0 Å². The van der Waals surface area contributed by atoms with E-state index in [1.54, 1.807) is 32.1 Å². The number of carbonyl (C=O) groups is 1. The predicted molar refractivity (Wildman–Crippen MR) is 94.2 cm³/mol. The molecule has 1 heterocycles. The summed E-state index contributed by atoms with van der Waals surface area (Å²) in [6.45, 7) is 11.8. The molecule has 2 aliphatic rings. The van der Waals surface area contributed by atoms with Gasteiger partial charge in [0.2, 0.25) is 0 Å². The third kappa shape index (κ3) is 4.68. The number of allylic oxidation sites excluding steroid dienone is 2. The van der Waals surface area contributed by atoms with Crippen molar-refractivity contribution in [1.29, 1.82) is 0 Å². The van der Waals surface area contributed by atoms with Gasteiger partial charge in [0.15, 0.2) is 0 Å². The zero-order valence-electron chi connectivity index (χ0n) is 14.6. The van der Waals surface area contributed by atoms with Gasteiger partial charge in [0.1, 0.15) is 0 Å². The highest BCUT2D eigenvalue weighted by atomic mass is 16.5. The predicted octanol–water partition coefficient (Wildman–Crippen LogP) is 3.08. The van der Waals surface area contributed by atoms with Gasteiger partial charge in [0.05, 0.1) is 18.3 Å². The van der Waals surface area contributed by atoms with Crippen LogP contribution in [-0.2, 0) is 9.53 Å². The number of esters is 1. The molecule has 24 heavy (non-hydrogen) atoms. The van der Waals surface area contributed by atoms with Crippen LogP contribution in [0, 0.1) is 11.8 Å². The first-order valence-electron chi connectivity index (χ1n) is 8.51. The highest BCUT2D eigenvalue weighted by Gasteiger charge is 2.37. The summed E-state index contributed by atoms with van der Waals surface area (Å²) < 4.78 is 5.35. The topological polar surface area (TPSA) is 66.8 Å². The maximum Gasteiger partial charge on any atom is 0.334 e. The molecule has 0 radical (unpaired) electrons. The molecule has 0 unspecified atom stereocenters. The summed E-state index contributed by atoms with van der Waals surface area (Å²) in [6, 6.07) is 0. The molecule has 0 aromatic carbocycles. The van der Waals surface area contributed by atoms with Gasteiger partial charge in [-0.25, -0.2) is 4.79 Å². The van der Waals surface area contributed by atoms with E-state index < -0.39 is 11.7 Å².